The number of amides is 1. The van der Waals surface area contributed by atoms with Gasteiger partial charge in [-0.25, -0.2) is 4.98 Å². The molecule has 0 bridgehead atoms. The number of nitrogens with zero attached hydrogens (tertiary/aromatic N) is 3. The number of carbonyl (C=O) groups is 1. The summed E-state index contributed by atoms with van der Waals surface area (Å²) in [5.74, 6) is 0.0422. The highest BCUT2D eigenvalue weighted by atomic mass is 79.9. The van der Waals surface area contributed by atoms with Crippen molar-refractivity contribution in [1.82, 2.24) is 20.2 Å². The molecule has 40 heavy (non-hydrogen) atoms. The number of hydrogen-bond donors (Lipinski definition) is 2. The Morgan fingerprint density at radius 1 is 1.00 bits per heavy atom. The third kappa shape index (κ3) is 6.03. The lowest BCUT2D eigenvalue weighted by Crippen LogP contribution is -2.53. The number of rotatable bonds is 5. The van der Waals surface area contributed by atoms with E-state index in [4.69, 9.17) is 0 Å². The Morgan fingerprint density at radius 3 is 2.35 bits per heavy atom. The fourth-order valence-corrected chi connectivity index (χ4v) is 6.40. The van der Waals surface area contributed by atoms with Gasteiger partial charge in [0, 0.05) is 65.6 Å². The molecule has 2 aliphatic heterocycles. The highest BCUT2D eigenvalue weighted by Gasteiger charge is 2.40. The average Bonchev–Trinajstić information content (AvgIpc) is 3.56. The molecule has 2 aromatic heterocycles. The third-order valence-electron chi connectivity index (χ3n) is 8.10. The monoisotopic (exact) mass is 643 g/mol. The van der Waals surface area contributed by atoms with Crippen molar-refractivity contribution < 1.29 is 4.79 Å². The van der Waals surface area contributed by atoms with Crippen LogP contribution in [0.1, 0.15) is 38.2 Å². The van der Waals surface area contributed by atoms with Crippen LogP contribution in [-0.2, 0) is 4.79 Å². The van der Waals surface area contributed by atoms with Crippen LogP contribution in [0.3, 0.4) is 0 Å². The van der Waals surface area contributed by atoms with Gasteiger partial charge in [-0.1, -0.05) is 58.4 Å². The number of carbonyl (C=O) groups excluding carboxylic acids is 1. The van der Waals surface area contributed by atoms with E-state index in [2.05, 4.69) is 97.3 Å². The van der Waals surface area contributed by atoms with Crippen LogP contribution in [0.15, 0.2) is 77.5 Å². The third-order valence-corrected chi connectivity index (χ3v) is 8.63. The maximum atomic E-state index is 14.1. The molecule has 6 rings (SSSR count). The first-order valence-electron chi connectivity index (χ1n) is 13.5. The van der Waals surface area contributed by atoms with Crippen LogP contribution in [0.5, 0.6) is 0 Å². The molecular formula is C31H36BrCl2N5O. The predicted octanol–water partition coefficient (Wildman–Crippen LogP) is 6.80. The number of benzene rings is 2. The van der Waals surface area contributed by atoms with Crippen LogP contribution in [-0.4, -0.2) is 58.5 Å². The Bertz CT molecular complexity index is 1440. The first kappa shape index (κ1) is 30.4. The second-order valence-corrected chi connectivity index (χ2v) is 12.1. The van der Waals surface area contributed by atoms with Gasteiger partial charge in [-0.05, 0) is 56.0 Å². The van der Waals surface area contributed by atoms with Crippen molar-refractivity contribution in [2.45, 2.75) is 44.2 Å². The minimum absolute atomic E-state index is 0. The summed E-state index contributed by atoms with van der Waals surface area (Å²) in [7, 11) is 0. The lowest BCUT2D eigenvalue weighted by molar-refractivity contribution is -0.133. The molecule has 2 aliphatic rings. The summed E-state index contributed by atoms with van der Waals surface area (Å²) in [6.07, 6.45) is 6.00. The fourth-order valence-electron chi connectivity index (χ4n) is 6.14. The Labute approximate surface area is 256 Å². The summed E-state index contributed by atoms with van der Waals surface area (Å²) in [4.78, 5) is 26.6. The van der Waals surface area contributed by atoms with Crippen LogP contribution in [0.4, 0.5) is 5.69 Å². The topological polar surface area (TPSA) is 64.3 Å². The molecule has 9 heteroatoms. The van der Waals surface area contributed by atoms with Crippen molar-refractivity contribution in [2.24, 2.45) is 0 Å². The number of fused-ring (bicyclic) bond motifs is 1. The number of nitrogens with one attached hydrogen (secondary N) is 2. The molecule has 4 heterocycles. The van der Waals surface area contributed by atoms with Crippen molar-refractivity contribution in [2.75, 3.05) is 31.1 Å². The molecule has 2 saturated heterocycles. The van der Waals surface area contributed by atoms with Gasteiger partial charge in [0.15, 0.2) is 0 Å². The van der Waals surface area contributed by atoms with Crippen LogP contribution >= 0.6 is 40.7 Å². The second-order valence-electron chi connectivity index (χ2n) is 11.1. The lowest BCUT2D eigenvalue weighted by atomic mass is 9.88. The Hall–Kier alpha value is -2.58. The minimum Gasteiger partial charge on any atom is -0.367 e. The summed E-state index contributed by atoms with van der Waals surface area (Å²) in [5.41, 5.74) is 5.50. The first-order valence-corrected chi connectivity index (χ1v) is 14.3. The zero-order valence-corrected chi connectivity index (χ0v) is 26.0. The van der Waals surface area contributed by atoms with Gasteiger partial charge in [-0.3, -0.25) is 4.79 Å². The summed E-state index contributed by atoms with van der Waals surface area (Å²) in [5, 5.41) is 4.88. The highest BCUT2D eigenvalue weighted by molar-refractivity contribution is 9.10. The molecular weight excluding hydrogens is 609 g/mol. The van der Waals surface area contributed by atoms with E-state index in [0.717, 1.165) is 58.1 Å². The van der Waals surface area contributed by atoms with Gasteiger partial charge in [-0.2, -0.15) is 0 Å². The highest BCUT2D eigenvalue weighted by Crippen LogP contribution is 2.38. The van der Waals surface area contributed by atoms with E-state index in [0.29, 0.717) is 13.1 Å². The number of halogens is 3. The molecule has 0 saturated carbocycles. The molecule has 2 fully saturated rings. The van der Waals surface area contributed by atoms with Gasteiger partial charge in [0.25, 0.3) is 0 Å². The van der Waals surface area contributed by atoms with Crippen molar-refractivity contribution in [3.05, 3.63) is 83.1 Å². The second kappa shape index (κ2) is 12.5. The summed E-state index contributed by atoms with van der Waals surface area (Å²) in [6, 6.07) is 21.0. The summed E-state index contributed by atoms with van der Waals surface area (Å²) >= 11 is 3.55. The van der Waals surface area contributed by atoms with Gasteiger partial charge in [0.1, 0.15) is 5.65 Å². The van der Waals surface area contributed by atoms with Crippen LogP contribution in [0.2, 0.25) is 0 Å². The van der Waals surface area contributed by atoms with E-state index in [1.54, 1.807) is 0 Å². The van der Waals surface area contributed by atoms with E-state index in [1.807, 2.05) is 30.6 Å². The summed E-state index contributed by atoms with van der Waals surface area (Å²) in [6.45, 7) is 7.43. The van der Waals surface area contributed by atoms with Gasteiger partial charge < -0.3 is 20.1 Å². The normalized spacial score (nSPS) is 19.1. The quantitative estimate of drug-likeness (QED) is 0.251. The van der Waals surface area contributed by atoms with Crippen LogP contribution in [0.25, 0.3) is 22.2 Å². The molecule has 212 valence electrons. The molecule has 1 amide bonds. The number of H-pyrrole nitrogens is 1. The van der Waals surface area contributed by atoms with Crippen LogP contribution in [0, 0.1) is 0 Å². The predicted molar refractivity (Wildman–Crippen MR) is 172 cm³/mol. The number of anilines is 1. The van der Waals surface area contributed by atoms with Crippen LogP contribution < -0.4 is 10.2 Å². The van der Waals surface area contributed by atoms with E-state index in [-0.39, 0.29) is 48.2 Å². The van der Waals surface area contributed by atoms with Crippen molar-refractivity contribution >= 4 is 63.4 Å². The number of piperazine rings is 1. The van der Waals surface area contributed by atoms with Crippen molar-refractivity contribution in [1.29, 1.82) is 0 Å². The summed E-state index contributed by atoms with van der Waals surface area (Å²) < 4.78 is 1.03. The van der Waals surface area contributed by atoms with Gasteiger partial charge in [-0.15, -0.1) is 24.8 Å². The number of aromatic amines is 1. The van der Waals surface area contributed by atoms with E-state index < -0.39 is 0 Å². The molecule has 6 nitrogen and oxygen atoms in total. The zero-order valence-electron chi connectivity index (χ0n) is 22.8. The molecule has 2 N–H and O–H groups in total. The number of aromatic nitrogens is 2. The molecule has 4 aromatic rings. The Morgan fingerprint density at radius 2 is 1.70 bits per heavy atom. The lowest BCUT2D eigenvalue weighted by Gasteiger charge is -2.39. The maximum Gasteiger partial charge on any atom is 0.231 e. The molecule has 0 aliphatic carbocycles. The minimum atomic E-state index is -0.186. The number of pyridine rings is 1. The van der Waals surface area contributed by atoms with E-state index >= 15 is 0 Å². The van der Waals surface area contributed by atoms with Gasteiger partial charge >= 0.3 is 0 Å². The van der Waals surface area contributed by atoms with E-state index in [9.17, 15) is 4.79 Å². The molecule has 2 aromatic carbocycles. The SMILES string of the molecule is CC1(C)CC[C@@H]([C@@H](C(=O)N2CCN(c3c(-c4ccccc4)cnc4[nH]ccc34)CC2)c2ccc(Br)cc2)N1.Cl.Cl. The molecule has 0 spiro atoms. The molecule has 2 atom stereocenters. The van der Waals surface area contributed by atoms with Crippen molar-refractivity contribution in [3.63, 3.8) is 0 Å². The van der Waals surface area contributed by atoms with Crippen molar-refractivity contribution in [3.8, 4) is 11.1 Å². The zero-order chi connectivity index (χ0) is 26.3. The molecule has 0 unspecified atom stereocenters. The average molecular weight is 645 g/mol. The largest absolute Gasteiger partial charge is 0.367 e. The van der Waals surface area contributed by atoms with E-state index in [1.165, 1.54) is 5.69 Å². The first-order chi connectivity index (χ1) is 18.4. The smallest absolute Gasteiger partial charge is 0.231 e. The maximum absolute atomic E-state index is 14.1. The Balaban J connectivity index is 0.00000185. The standard InChI is InChI=1S/C31H34BrN5O.2ClH/c1-31(2)14-12-26(35-31)27(22-8-10-23(32)11-9-22)30(38)37-18-16-36(17-19-37)28-24-13-15-33-29(24)34-20-25(28)21-6-4-3-5-7-21;;/h3-11,13,15,20,26-27,35H,12,14,16-19H2,1-2H3,(H,33,34);2*1H/t26-,27-;;/m0../s1. The fraction of sp³-hybridized carbons (Fsp3) is 0.355. The Kier molecular flexibility index (Phi) is 9.51. The number of hydrogen-bond acceptors (Lipinski definition) is 4. The van der Waals surface area contributed by atoms with Gasteiger partial charge in [0.05, 0.1) is 11.6 Å². The molecule has 0 radical (unpaired) electrons. The van der Waals surface area contributed by atoms with Gasteiger partial charge in [0.2, 0.25) is 5.91 Å².